The summed E-state index contributed by atoms with van der Waals surface area (Å²) in [5.41, 5.74) is 1.33. The largest absolute Gasteiger partial charge is 0.299 e. The van der Waals surface area contributed by atoms with Gasteiger partial charge in [-0.3, -0.25) is 9.69 Å². The standard InChI is InChI=1S/C14H19NO/c1-11-12(2)15(9-8-14(11)16)10-13-6-4-3-5-7-13/h3-7,11-12H,8-10H2,1-2H3/t11-,12+/m0/s1. The number of carbonyl (C=O) groups excluding carboxylic acids is 1. The molecule has 2 rings (SSSR count). The van der Waals surface area contributed by atoms with E-state index in [-0.39, 0.29) is 5.92 Å². The molecule has 1 fully saturated rings. The number of rotatable bonds is 2. The minimum absolute atomic E-state index is 0.178. The Balaban J connectivity index is 2.03. The van der Waals surface area contributed by atoms with Crippen LogP contribution in [0.1, 0.15) is 25.8 Å². The topological polar surface area (TPSA) is 20.3 Å². The van der Waals surface area contributed by atoms with Gasteiger partial charge in [0.25, 0.3) is 0 Å². The van der Waals surface area contributed by atoms with Gasteiger partial charge in [0.15, 0.2) is 0 Å². The van der Waals surface area contributed by atoms with Gasteiger partial charge in [-0.15, -0.1) is 0 Å². The van der Waals surface area contributed by atoms with Crippen LogP contribution in [0, 0.1) is 5.92 Å². The molecule has 1 aliphatic rings. The van der Waals surface area contributed by atoms with Crippen LogP contribution < -0.4 is 0 Å². The van der Waals surface area contributed by atoms with Crippen LogP contribution in [-0.2, 0) is 11.3 Å². The maximum Gasteiger partial charge on any atom is 0.138 e. The molecule has 1 heterocycles. The van der Waals surface area contributed by atoms with Crippen LogP contribution in [0.4, 0.5) is 0 Å². The Bertz CT molecular complexity index is 360. The normalized spacial score (nSPS) is 27.0. The summed E-state index contributed by atoms with van der Waals surface area (Å²) in [4.78, 5) is 14.0. The molecule has 0 amide bonds. The van der Waals surface area contributed by atoms with Crippen molar-refractivity contribution in [1.82, 2.24) is 4.90 Å². The Hall–Kier alpha value is -1.15. The highest BCUT2D eigenvalue weighted by Gasteiger charge is 2.30. The zero-order chi connectivity index (χ0) is 11.5. The van der Waals surface area contributed by atoms with Crippen LogP contribution >= 0.6 is 0 Å². The van der Waals surface area contributed by atoms with E-state index in [2.05, 4.69) is 36.1 Å². The molecule has 0 spiro atoms. The molecule has 86 valence electrons. The van der Waals surface area contributed by atoms with Crippen molar-refractivity contribution in [2.75, 3.05) is 6.54 Å². The molecule has 0 radical (unpaired) electrons. The molecule has 2 atom stereocenters. The fourth-order valence-corrected chi connectivity index (χ4v) is 2.31. The maximum absolute atomic E-state index is 11.6. The lowest BCUT2D eigenvalue weighted by Crippen LogP contribution is -2.46. The van der Waals surface area contributed by atoms with Crippen molar-refractivity contribution in [3.8, 4) is 0 Å². The molecular weight excluding hydrogens is 198 g/mol. The maximum atomic E-state index is 11.6. The number of ketones is 1. The second-order valence-electron chi connectivity index (χ2n) is 4.70. The second kappa shape index (κ2) is 4.79. The third kappa shape index (κ3) is 2.33. The van der Waals surface area contributed by atoms with Crippen LogP contribution in [0.3, 0.4) is 0 Å². The van der Waals surface area contributed by atoms with E-state index in [9.17, 15) is 4.79 Å². The molecule has 0 N–H and O–H groups in total. The van der Waals surface area contributed by atoms with Crippen LogP contribution in [0.2, 0.25) is 0 Å². The first-order valence-electron chi connectivity index (χ1n) is 5.99. The highest BCUT2D eigenvalue weighted by atomic mass is 16.1. The number of hydrogen-bond acceptors (Lipinski definition) is 2. The number of carbonyl (C=O) groups is 1. The average Bonchev–Trinajstić information content (AvgIpc) is 2.31. The number of hydrogen-bond donors (Lipinski definition) is 0. The highest BCUT2D eigenvalue weighted by Crippen LogP contribution is 2.21. The van der Waals surface area contributed by atoms with E-state index in [1.54, 1.807) is 0 Å². The van der Waals surface area contributed by atoms with Crippen LogP contribution in [0.25, 0.3) is 0 Å². The van der Waals surface area contributed by atoms with Crippen molar-refractivity contribution in [1.29, 1.82) is 0 Å². The van der Waals surface area contributed by atoms with Gasteiger partial charge in [0.2, 0.25) is 0 Å². The fourth-order valence-electron chi connectivity index (χ4n) is 2.31. The van der Waals surface area contributed by atoms with E-state index >= 15 is 0 Å². The SMILES string of the molecule is C[C@@H]1C(=O)CCN(Cc2ccccc2)[C@@H]1C. The molecule has 0 aliphatic carbocycles. The zero-order valence-electron chi connectivity index (χ0n) is 10.0. The van der Waals surface area contributed by atoms with Crippen LogP contribution in [0.15, 0.2) is 30.3 Å². The predicted octanol–water partition coefficient (Wildman–Crippen LogP) is 2.49. The zero-order valence-corrected chi connectivity index (χ0v) is 10.0. The first-order chi connectivity index (χ1) is 7.68. The summed E-state index contributed by atoms with van der Waals surface area (Å²) in [6.45, 7) is 6.06. The number of likely N-dealkylation sites (tertiary alicyclic amines) is 1. The third-order valence-corrected chi connectivity index (χ3v) is 3.68. The van der Waals surface area contributed by atoms with Crippen molar-refractivity contribution < 1.29 is 4.79 Å². The monoisotopic (exact) mass is 217 g/mol. The summed E-state index contributed by atoms with van der Waals surface area (Å²) in [7, 11) is 0. The van der Waals surface area contributed by atoms with E-state index in [0.29, 0.717) is 18.2 Å². The lowest BCUT2D eigenvalue weighted by molar-refractivity contribution is -0.128. The van der Waals surface area contributed by atoms with Gasteiger partial charge in [0.1, 0.15) is 5.78 Å². The molecule has 16 heavy (non-hydrogen) atoms. The van der Waals surface area contributed by atoms with Crippen molar-refractivity contribution in [3.05, 3.63) is 35.9 Å². The van der Waals surface area contributed by atoms with E-state index in [1.165, 1.54) is 5.56 Å². The quantitative estimate of drug-likeness (QED) is 0.758. The van der Waals surface area contributed by atoms with Crippen LogP contribution in [-0.4, -0.2) is 23.3 Å². The first kappa shape index (κ1) is 11.3. The first-order valence-corrected chi connectivity index (χ1v) is 5.99. The predicted molar refractivity (Wildman–Crippen MR) is 65.1 cm³/mol. The summed E-state index contributed by atoms with van der Waals surface area (Å²) < 4.78 is 0. The molecule has 1 aromatic carbocycles. The second-order valence-corrected chi connectivity index (χ2v) is 4.70. The average molecular weight is 217 g/mol. The molecule has 1 saturated heterocycles. The summed E-state index contributed by atoms with van der Waals surface area (Å²) >= 11 is 0. The van der Waals surface area contributed by atoms with E-state index in [0.717, 1.165) is 13.1 Å². The van der Waals surface area contributed by atoms with Gasteiger partial charge in [-0.2, -0.15) is 0 Å². The smallest absolute Gasteiger partial charge is 0.138 e. The molecule has 1 aliphatic heterocycles. The molecule has 0 unspecified atom stereocenters. The Kier molecular flexibility index (Phi) is 3.39. The lowest BCUT2D eigenvalue weighted by atomic mass is 9.90. The fraction of sp³-hybridized carbons (Fsp3) is 0.500. The Morgan fingerprint density at radius 3 is 2.62 bits per heavy atom. The van der Waals surface area contributed by atoms with Gasteiger partial charge in [0.05, 0.1) is 0 Å². The molecule has 1 aromatic rings. The number of nitrogens with zero attached hydrogens (tertiary/aromatic N) is 1. The minimum Gasteiger partial charge on any atom is -0.299 e. The highest BCUT2D eigenvalue weighted by molar-refractivity contribution is 5.82. The summed E-state index contributed by atoms with van der Waals surface area (Å²) in [6, 6.07) is 10.8. The number of Topliss-reactive ketones (excluding diaryl/α,β-unsaturated/α-hetero) is 1. The molecule has 0 aromatic heterocycles. The summed E-state index contributed by atoms with van der Waals surface area (Å²) in [6.07, 6.45) is 0.707. The van der Waals surface area contributed by atoms with Crippen molar-refractivity contribution in [2.45, 2.75) is 32.9 Å². The molecule has 0 bridgehead atoms. The van der Waals surface area contributed by atoms with Gasteiger partial charge >= 0.3 is 0 Å². The van der Waals surface area contributed by atoms with Crippen molar-refractivity contribution >= 4 is 5.78 Å². The molecule has 0 saturated carbocycles. The number of piperidine rings is 1. The Morgan fingerprint density at radius 1 is 1.25 bits per heavy atom. The van der Waals surface area contributed by atoms with Gasteiger partial charge < -0.3 is 0 Å². The van der Waals surface area contributed by atoms with Crippen molar-refractivity contribution in [3.63, 3.8) is 0 Å². The van der Waals surface area contributed by atoms with E-state index < -0.39 is 0 Å². The van der Waals surface area contributed by atoms with E-state index in [4.69, 9.17) is 0 Å². The van der Waals surface area contributed by atoms with Crippen LogP contribution in [0.5, 0.6) is 0 Å². The molecule has 2 nitrogen and oxygen atoms in total. The van der Waals surface area contributed by atoms with Crippen molar-refractivity contribution in [2.24, 2.45) is 5.92 Å². The van der Waals surface area contributed by atoms with Gasteiger partial charge in [0, 0.05) is 31.5 Å². The van der Waals surface area contributed by atoms with Gasteiger partial charge in [-0.05, 0) is 12.5 Å². The summed E-state index contributed by atoms with van der Waals surface area (Å²) in [5, 5.41) is 0. The minimum atomic E-state index is 0.178. The number of benzene rings is 1. The molecular formula is C14H19NO. The summed E-state index contributed by atoms with van der Waals surface area (Å²) in [5.74, 6) is 0.592. The third-order valence-electron chi connectivity index (χ3n) is 3.68. The molecule has 2 heteroatoms. The Labute approximate surface area is 97.3 Å². The van der Waals surface area contributed by atoms with Gasteiger partial charge in [-0.25, -0.2) is 0 Å². The van der Waals surface area contributed by atoms with E-state index in [1.807, 2.05) is 13.0 Å². The Morgan fingerprint density at radius 2 is 1.94 bits per heavy atom. The van der Waals surface area contributed by atoms with Gasteiger partial charge in [-0.1, -0.05) is 37.3 Å². The lowest BCUT2D eigenvalue weighted by Gasteiger charge is -2.36.